The molecule has 1 aromatic rings. The molecule has 0 saturated heterocycles. The molecule has 16 heavy (non-hydrogen) atoms. The molecule has 1 aromatic carbocycles. The van der Waals surface area contributed by atoms with Crippen LogP contribution in [0.15, 0.2) is 24.3 Å². The maximum atomic E-state index is 13.5. The number of allylic oxidation sites excluding steroid dienone is 1. The summed E-state index contributed by atoms with van der Waals surface area (Å²) in [5.41, 5.74) is 0.719. The summed E-state index contributed by atoms with van der Waals surface area (Å²) in [6, 6.07) is 4.46. The van der Waals surface area contributed by atoms with Crippen LogP contribution in [0, 0.1) is 5.82 Å². The van der Waals surface area contributed by atoms with Gasteiger partial charge < -0.3 is 5.11 Å². The van der Waals surface area contributed by atoms with E-state index in [0.29, 0.717) is 18.4 Å². The molecule has 0 aliphatic heterocycles. The molecule has 1 N–H and O–H groups in total. The average molecular weight is 224 g/mol. The third-order valence-electron chi connectivity index (χ3n) is 2.66. The molecule has 84 valence electrons. The largest absolute Gasteiger partial charge is 0.479 e. The summed E-state index contributed by atoms with van der Waals surface area (Å²) < 4.78 is 27.0. The van der Waals surface area contributed by atoms with Crippen molar-refractivity contribution in [1.29, 1.82) is 0 Å². The second-order valence-electron chi connectivity index (χ2n) is 3.67. The molecule has 1 atom stereocenters. The molecule has 0 bridgehead atoms. The number of carboxylic acids is 1. The predicted octanol–water partition coefficient (Wildman–Crippen LogP) is 2.58. The van der Waals surface area contributed by atoms with E-state index in [2.05, 4.69) is 0 Å². The summed E-state index contributed by atoms with van der Waals surface area (Å²) in [6.45, 7) is 0. The lowest BCUT2D eigenvalue weighted by Gasteiger charge is -2.19. The summed E-state index contributed by atoms with van der Waals surface area (Å²) in [5.74, 6) is -2.14. The zero-order valence-corrected chi connectivity index (χ0v) is 8.41. The fourth-order valence-corrected chi connectivity index (χ4v) is 1.95. The van der Waals surface area contributed by atoms with Gasteiger partial charge >= 0.3 is 5.97 Å². The van der Waals surface area contributed by atoms with Crippen molar-refractivity contribution in [2.24, 2.45) is 0 Å². The second kappa shape index (κ2) is 4.04. The molecule has 4 heteroatoms. The van der Waals surface area contributed by atoms with Crippen LogP contribution in [0.25, 0.3) is 5.57 Å². The summed E-state index contributed by atoms with van der Waals surface area (Å²) in [5, 5.41) is 8.61. The normalized spacial score (nSPS) is 16.2. The van der Waals surface area contributed by atoms with Crippen molar-refractivity contribution in [2.75, 3.05) is 0 Å². The van der Waals surface area contributed by atoms with Gasteiger partial charge in [0, 0.05) is 11.1 Å². The van der Waals surface area contributed by atoms with E-state index < -0.39 is 18.0 Å². The Morgan fingerprint density at radius 1 is 1.44 bits per heavy atom. The van der Waals surface area contributed by atoms with Crippen LogP contribution in [0.5, 0.6) is 0 Å². The lowest BCUT2D eigenvalue weighted by atomic mass is 9.88. The van der Waals surface area contributed by atoms with E-state index in [4.69, 9.17) is 5.11 Å². The first-order valence-electron chi connectivity index (χ1n) is 4.96. The zero-order valence-electron chi connectivity index (χ0n) is 8.41. The molecule has 0 aromatic heterocycles. The molecule has 0 spiro atoms. The van der Waals surface area contributed by atoms with Crippen LogP contribution in [0.2, 0.25) is 0 Å². The average Bonchev–Trinajstić information content (AvgIpc) is 2.27. The molecule has 1 aliphatic carbocycles. The first kappa shape index (κ1) is 10.8. The molecule has 0 saturated carbocycles. The number of aryl methyl sites for hydroxylation is 1. The smallest absolute Gasteiger partial charge is 0.343 e. The lowest BCUT2D eigenvalue weighted by molar-refractivity contribution is -0.140. The third kappa shape index (κ3) is 1.71. The number of carbonyl (C=O) groups is 1. The maximum Gasteiger partial charge on any atom is 0.343 e. The number of hydrogen-bond acceptors (Lipinski definition) is 1. The highest BCUT2D eigenvalue weighted by Crippen LogP contribution is 2.32. The first-order valence-corrected chi connectivity index (χ1v) is 4.96. The number of aliphatic carboxylic acids is 1. The van der Waals surface area contributed by atoms with Crippen LogP contribution in [-0.2, 0) is 11.2 Å². The van der Waals surface area contributed by atoms with Gasteiger partial charge in [-0.05, 0) is 24.5 Å². The minimum atomic E-state index is -2.16. The van der Waals surface area contributed by atoms with Crippen LogP contribution in [0.1, 0.15) is 17.5 Å². The van der Waals surface area contributed by atoms with E-state index in [-0.39, 0.29) is 11.1 Å². The van der Waals surface area contributed by atoms with Crippen molar-refractivity contribution in [2.45, 2.75) is 19.0 Å². The minimum absolute atomic E-state index is 0.0631. The van der Waals surface area contributed by atoms with Crippen molar-refractivity contribution in [3.05, 3.63) is 41.2 Å². The van der Waals surface area contributed by atoms with Gasteiger partial charge in [-0.3, -0.25) is 0 Å². The van der Waals surface area contributed by atoms with Crippen molar-refractivity contribution in [1.82, 2.24) is 0 Å². The molecular weight excluding hydrogens is 214 g/mol. The zero-order chi connectivity index (χ0) is 11.7. The van der Waals surface area contributed by atoms with Crippen LogP contribution in [-0.4, -0.2) is 17.2 Å². The van der Waals surface area contributed by atoms with Gasteiger partial charge in [-0.2, -0.15) is 0 Å². The van der Waals surface area contributed by atoms with E-state index in [1.807, 2.05) is 0 Å². The Labute approximate surface area is 91.2 Å². The summed E-state index contributed by atoms with van der Waals surface area (Å²) in [7, 11) is 0. The quantitative estimate of drug-likeness (QED) is 0.838. The number of fused-ring (bicyclic) bond motifs is 1. The molecular formula is C12H10F2O2. The standard InChI is InChI=1S/C12H10F2O2/c13-9-6-2-4-7-3-1-5-8(10(7)9)11(14)12(15)16/h2,4-6,11H,1,3H2,(H,15,16). The molecule has 1 aliphatic rings. The monoisotopic (exact) mass is 224 g/mol. The number of hydrogen-bond donors (Lipinski definition) is 1. The molecule has 0 radical (unpaired) electrons. The first-order chi connectivity index (χ1) is 7.61. The Bertz CT molecular complexity index is 466. The van der Waals surface area contributed by atoms with Crippen molar-refractivity contribution < 1.29 is 18.7 Å². The van der Waals surface area contributed by atoms with Gasteiger partial charge in [-0.1, -0.05) is 18.2 Å². The molecule has 1 unspecified atom stereocenters. The van der Waals surface area contributed by atoms with Crippen LogP contribution < -0.4 is 0 Å². The van der Waals surface area contributed by atoms with E-state index in [9.17, 15) is 13.6 Å². The van der Waals surface area contributed by atoms with Gasteiger partial charge in [-0.15, -0.1) is 0 Å². The van der Waals surface area contributed by atoms with Gasteiger partial charge in [0.05, 0.1) is 0 Å². The van der Waals surface area contributed by atoms with E-state index in [0.717, 1.165) is 0 Å². The summed E-state index contributed by atoms with van der Waals surface area (Å²) in [4.78, 5) is 10.6. The Balaban J connectivity index is 2.51. The second-order valence-corrected chi connectivity index (χ2v) is 3.67. The highest BCUT2D eigenvalue weighted by atomic mass is 19.1. The van der Waals surface area contributed by atoms with Crippen LogP contribution in [0.4, 0.5) is 8.78 Å². The van der Waals surface area contributed by atoms with Crippen molar-refractivity contribution in [3.8, 4) is 0 Å². The van der Waals surface area contributed by atoms with Gasteiger partial charge in [-0.25, -0.2) is 13.6 Å². The number of halogens is 2. The van der Waals surface area contributed by atoms with E-state index >= 15 is 0 Å². The fraction of sp³-hybridized carbons (Fsp3) is 0.250. The van der Waals surface area contributed by atoms with Gasteiger partial charge in [0.15, 0.2) is 0 Å². The summed E-state index contributed by atoms with van der Waals surface area (Å²) in [6.07, 6.45) is 0.461. The minimum Gasteiger partial charge on any atom is -0.479 e. The Hall–Kier alpha value is -1.71. The molecule has 0 heterocycles. The Kier molecular flexibility index (Phi) is 2.73. The molecule has 0 fully saturated rings. The highest BCUT2D eigenvalue weighted by molar-refractivity contribution is 5.91. The molecule has 2 rings (SSSR count). The van der Waals surface area contributed by atoms with E-state index in [1.165, 1.54) is 12.1 Å². The van der Waals surface area contributed by atoms with Gasteiger partial charge in [0.25, 0.3) is 0 Å². The Morgan fingerprint density at radius 2 is 2.19 bits per heavy atom. The van der Waals surface area contributed by atoms with Crippen molar-refractivity contribution in [3.63, 3.8) is 0 Å². The SMILES string of the molecule is O=C(O)C(F)C1=CCCc2cccc(F)c21. The van der Waals surface area contributed by atoms with Crippen LogP contribution >= 0.6 is 0 Å². The molecule has 0 amide bonds. The Morgan fingerprint density at radius 3 is 2.88 bits per heavy atom. The predicted molar refractivity (Wildman–Crippen MR) is 55.2 cm³/mol. The van der Waals surface area contributed by atoms with Gasteiger partial charge in [0.1, 0.15) is 5.82 Å². The van der Waals surface area contributed by atoms with Gasteiger partial charge in [0.2, 0.25) is 6.17 Å². The third-order valence-corrected chi connectivity index (χ3v) is 2.66. The number of alkyl halides is 1. The van der Waals surface area contributed by atoms with E-state index in [1.54, 1.807) is 12.1 Å². The maximum absolute atomic E-state index is 13.5. The number of carboxylic acid groups (broad SMARTS) is 1. The number of benzene rings is 1. The topological polar surface area (TPSA) is 37.3 Å². The molecule has 2 nitrogen and oxygen atoms in total. The van der Waals surface area contributed by atoms with Crippen LogP contribution in [0.3, 0.4) is 0 Å². The lowest BCUT2D eigenvalue weighted by Crippen LogP contribution is -2.19. The van der Waals surface area contributed by atoms with Crippen molar-refractivity contribution >= 4 is 11.5 Å². The fourth-order valence-electron chi connectivity index (χ4n) is 1.95. The highest BCUT2D eigenvalue weighted by Gasteiger charge is 2.28. The summed E-state index contributed by atoms with van der Waals surface area (Å²) >= 11 is 0. The number of rotatable bonds is 2.